The van der Waals surface area contributed by atoms with Gasteiger partial charge in [-0.1, -0.05) is 12.1 Å². The van der Waals surface area contributed by atoms with E-state index in [0.29, 0.717) is 11.3 Å². The number of carbonyl (C=O) groups is 1. The van der Waals surface area contributed by atoms with Gasteiger partial charge >= 0.3 is 0 Å². The van der Waals surface area contributed by atoms with Gasteiger partial charge in [-0.15, -0.1) is 12.4 Å². The maximum absolute atomic E-state index is 12.8. The molecule has 3 N–H and O–H groups in total. The van der Waals surface area contributed by atoms with Crippen molar-refractivity contribution in [3.63, 3.8) is 0 Å². The maximum atomic E-state index is 12.8. The summed E-state index contributed by atoms with van der Waals surface area (Å²) in [7, 11) is 1.57. The van der Waals surface area contributed by atoms with Gasteiger partial charge < -0.3 is 15.4 Å². The van der Waals surface area contributed by atoms with Crippen molar-refractivity contribution in [2.45, 2.75) is 12.8 Å². The summed E-state index contributed by atoms with van der Waals surface area (Å²) in [4.78, 5) is 12.8. The first-order chi connectivity index (χ1) is 13.2. The quantitative estimate of drug-likeness (QED) is 0.629. The number of amides is 1. The van der Waals surface area contributed by atoms with Crippen LogP contribution in [0.5, 0.6) is 5.75 Å². The predicted octanol–water partition coefficient (Wildman–Crippen LogP) is 3.45. The number of rotatable bonds is 4. The number of methoxy groups -OCH3 is 1. The van der Waals surface area contributed by atoms with Crippen LogP contribution in [0, 0.1) is 0 Å². The number of nitrogens with zero attached hydrogens (tertiary/aromatic N) is 1. The fraction of sp³-hybridized carbons (Fsp3) is 0.238. The summed E-state index contributed by atoms with van der Waals surface area (Å²) in [6.07, 6.45) is 5.53. The molecule has 0 atom stereocenters. The lowest BCUT2D eigenvalue weighted by molar-refractivity contribution is 0.102. The fourth-order valence-electron chi connectivity index (χ4n) is 3.42. The van der Waals surface area contributed by atoms with Gasteiger partial charge in [-0.3, -0.25) is 9.89 Å². The molecule has 0 radical (unpaired) electrons. The number of ether oxygens (including phenoxy) is 1. The SMILES string of the molecule is COc1cc(-c2cn[nH]c2)ccc1C(=O)Nc1ccc2c(c1)CCNCC2.Cl. The van der Waals surface area contributed by atoms with Crippen LogP contribution in [0.15, 0.2) is 48.8 Å². The molecule has 0 saturated heterocycles. The van der Waals surface area contributed by atoms with Crippen molar-refractivity contribution in [1.82, 2.24) is 15.5 Å². The number of H-pyrrole nitrogens is 1. The third kappa shape index (κ3) is 4.18. The van der Waals surface area contributed by atoms with E-state index in [9.17, 15) is 4.79 Å². The average molecular weight is 399 g/mol. The number of aromatic nitrogens is 2. The highest BCUT2D eigenvalue weighted by Crippen LogP contribution is 2.28. The van der Waals surface area contributed by atoms with Crippen LogP contribution in [0.2, 0.25) is 0 Å². The molecule has 0 aliphatic carbocycles. The fourth-order valence-corrected chi connectivity index (χ4v) is 3.42. The van der Waals surface area contributed by atoms with Gasteiger partial charge in [-0.05, 0) is 66.9 Å². The van der Waals surface area contributed by atoms with Crippen molar-refractivity contribution >= 4 is 24.0 Å². The molecule has 0 spiro atoms. The van der Waals surface area contributed by atoms with Crippen LogP contribution in [0.1, 0.15) is 21.5 Å². The Hall–Kier alpha value is -2.83. The molecule has 7 heteroatoms. The van der Waals surface area contributed by atoms with Gasteiger partial charge in [0.1, 0.15) is 5.75 Å². The van der Waals surface area contributed by atoms with Gasteiger partial charge in [-0.25, -0.2) is 0 Å². The predicted molar refractivity (Wildman–Crippen MR) is 112 cm³/mol. The first-order valence-corrected chi connectivity index (χ1v) is 9.05. The Bertz CT molecular complexity index is 957. The normalized spacial score (nSPS) is 13.0. The van der Waals surface area contributed by atoms with Gasteiger partial charge in [0.2, 0.25) is 0 Å². The van der Waals surface area contributed by atoms with Crippen molar-refractivity contribution < 1.29 is 9.53 Å². The molecule has 2 aromatic carbocycles. The third-order valence-corrected chi connectivity index (χ3v) is 4.88. The summed E-state index contributed by atoms with van der Waals surface area (Å²) in [5, 5.41) is 13.2. The Morgan fingerprint density at radius 1 is 1.07 bits per heavy atom. The molecule has 4 rings (SSSR count). The van der Waals surface area contributed by atoms with Gasteiger partial charge in [0, 0.05) is 17.4 Å². The first-order valence-electron chi connectivity index (χ1n) is 9.05. The second kappa shape index (κ2) is 8.91. The van der Waals surface area contributed by atoms with Crippen LogP contribution in [0.4, 0.5) is 5.69 Å². The number of nitrogens with one attached hydrogen (secondary N) is 3. The highest BCUT2D eigenvalue weighted by atomic mass is 35.5. The van der Waals surface area contributed by atoms with Crippen molar-refractivity contribution in [3.05, 3.63) is 65.5 Å². The maximum Gasteiger partial charge on any atom is 0.259 e. The summed E-state index contributed by atoms with van der Waals surface area (Å²) in [5.41, 5.74) is 5.83. The molecule has 1 aliphatic heterocycles. The van der Waals surface area contributed by atoms with E-state index in [1.165, 1.54) is 11.1 Å². The Kier molecular flexibility index (Phi) is 6.34. The molecule has 2 heterocycles. The minimum absolute atomic E-state index is 0. The molecule has 1 amide bonds. The molecule has 1 aromatic heterocycles. The smallest absolute Gasteiger partial charge is 0.259 e. The Morgan fingerprint density at radius 3 is 2.64 bits per heavy atom. The summed E-state index contributed by atoms with van der Waals surface area (Å²) >= 11 is 0. The Labute approximate surface area is 170 Å². The molecule has 1 aliphatic rings. The van der Waals surface area contributed by atoms with E-state index in [1.54, 1.807) is 25.6 Å². The zero-order chi connectivity index (χ0) is 18.6. The third-order valence-electron chi connectivity index (χ3n) is 4.88. The topological polar surface area (TPSA) is 79.0 Å². The Morgan fingerprint density at radius 2 is 1.89 bits per heavy atom. The van der Waals surface area contributed by atoms with Gasteiger partial charge in [0.15, 0.2) is 0 Å². The lowest BCUT2D eigenvalue weighted by atomic mass is 10.0. The van der Waals surface area contributed by atoms with E-state index in [2.05, 4.69) is 33.0 Å². The van der Waals surface area contributed by atoms with E-state index in [1.807, 2.05) is 18.2 Å². The van der Waals surface area contributed by atoms with Crippen LogP contribution < -0.4 is 15.4 Å². The van der Waals surface area contributed by atoms with Crippen molar-refractivity contribution in [2.24, 2.45) is 0 Å². The monoisotopic (exact) mass is 398 g/mol. The van der Waals surface area contributed by atoms with Crippen LogP contribution in [0.3, 0.4) is 0 Å². The molecule has 0 fully saturated rings. The number of anilines is 1. The van der Waals surface area contributed by atoms with Crippen molar-refractivity contribution in [3.8, 4) is 16.9 Å². The second-order valence-electron chi connectivity index (χ2n) is 6.59. The lowest BCUT2D eigenvalue weighted by Crippen LogP contribution is -2.16. The van der Waals surface area contributed by atoms with Gasteiger partial charge in [0.25, 0.3) is 5.91 Å². The van der Waals surface area contributed by atoms with E-state index in [-0.39, 0.29) is 18.3 Å². The molecule has 28 heavy (non-hydrogen) atoms. The number of hydrogen-bond acceptors (Lipinski definition) is 4. The zero-order valence-electron chi connectivity index (χ0n) is 15.6. The second-order valence-corrected chi connectivity index (χ2v) is 6.59. The van der Waals surface area contributed by atoms with Crippen molar-refractivity contribution in [2.75, 3.05) is 25.5 Å². The highest BCUT2D eigenvalue weighted by molar-refractivity contribution is 6.06. The number of hydrogen-bond donors (Lipinski definition) is 3. The van der Waals surface area contributed by atoms with Crippen LogP contribution in [-0.4, -0.2) is 36.3 Å². The summed E-state index contributed by atoms with van der Waals surface area (Å²) in [5.74, 6) is 0.349. The summed E-state index contributed by atoms with van der Waals surface area (Å²) in [6, 6.07) is 11.7. The van der Waals surface area contributed by atoms with E-state index in [4.69, 9.17) is 4.74 Å². The highest BCUT2D eigenvalue weighted by Gasteiger charge is 2.15. The van der Waals surface area contributed by atoms with Crippen LogP contribution >= 0.6 is 12.4 Å². The largest absolute Gasteiger partial charge is 0.496 e. The molecular weight excluding hydrogens is 376 g/mol. The molecular formula is C21H23ClN4O2. The number of aromatic amines is 1. The van der Waals surface area contributed by atoms with Crippen molar-refractivity contribution in [1.29, 1.82) is 0 Å². The van der Waals surface area contributed by atoms with Gasteiger partial charge in [0.05, 0.1) is 18.9 Å². The lowest BCUT2D eigenvalue weighted by Gasteiger charge is -2.13. The molecule has 0 unspecified atom stereocenters. The van der Waals surface area contributed by atoms with Gasteiger partial charge in [-0.2, -0.15) is 5.10 Å². The minimum atomic E-state index is -0.183. The molecule has 6 nitrogen and oxygen atoms in total. The number of halogens is 1. The number of carbonyl (C=O) groups excluding carboxylic acids is 1. The first kappa shape index (κ1) is 19.9. The standard InChI is InChI=1S/C21H22N4O2.ClH/c1-27-20-11-15(17-12-23-24-13-17)3-5-19(20)21(26)25-18-4-2-14-6-8-22-9-7-16(14)10-18;/h2-5,10-13,22H,6-9H2,1H3,(H,23,24)(H,25,26);1H. The molecule has 0 bridgehead atoms. The number of fused-ring (bicyclic) bond motifs is 1. The van der Waals surface area contributed by atoms with E-state index < -0.39 is 0 Å². The molecule has 146 valence electrons. The molecule has 3 aromatic rings. The summed E-state index contributed by atoms with van der Waals surface area (Å²) in [6.45, 7) is 1.96. The van der Waals surface area contributed by atoms with E-state index >= 15 is 0 Å². The van der Waals surface area contributed by atoms with Crippen LogP contribution in [-0.2, 0) is 12.8 Å². The molecule has 0 saturated carbocycles. The van der Waals surface area contributed by atoms with Crippen LogP contribution in [0.25, 0.3) is 11.1 Å². The Balaban J connectivity index is 0.00000225. The minimum Gasteiger partial charge on any atom is -0.496 e. The number of benzene rings is 2. The average Bonchev–Trinajstić information content (AvgIpc) is 3.13. The summed E-state index contributed by atoms with van der Waals surface area (Å²) < 4.78 is 5.45. The van der Waals surface area contributed by atoms with E-state index in [0.717, 1.165) is 42.7 Å². The zero-order valence-corrected chi connectivity index (χ0v) is 16.4.